The van der Waals surface area contributed by atoms with Gasteiger partial charge in [0.05, 0.1) is 7.11 Å². The fourth-order valence-corrected chi connectivity index (χ4v) is 1.52. The highest BCUT2D eigenvalue weighted by molar-refractivity contribution is 4.80. The Kier molecular flexibility index (Phi) is 3.30. The number of nitrogens with one attached hydrogen (secondary N) is 1. The smallest absolute Gasteiger partial charge is 0.0572 e. The summed E-state index contributed by atoms with van der Waals surface area (Å²) in [6.45, 7) is 6.77. The molecule has 1 aliphatic heterocycles. The molecular formula is C8H18N2O. The molecule has 1 rings (SSSR count). The van der Waals surface area contributed by atoms with Gasteiger partial charge in [-0.2, -0.15) is 5.48 Å². The maximum absolute atomic E-state index is 4.88. The molecule has 0 radical (unpaired) electrons. The van der Waals surface area contributed by atoms with E-state index in [0.717, 1.165) is 6.54 Å². The van der Waals surface area contributed by atoms with E-state index in [1.54, 1.807) is 7.11 Å². The maximum Gasteiger partial charge on any atom is 0.0572 e. The second-order valence-electron chi connectivity index (χ2n) is 3.40. The van der Waals surface area contributed by atoms with Crippen LogP contribution in [0.3, 0.4) is 0 Å². The lowest BCUT2D eigenvalue weighted by atomic mass is 10.3. The van der Waals surface area contributed by atoms with E-state index in [2.05, 4.69) is 24.2 Å². The second-order valence-corrected chi connectivity index (χ2v) is 3.40. The number of hydrogen-bond acceptors (Lipinski definition) is 3. The number of nitrogens with zero attached hydrogens (tertiary/aromatic N) is 1. The van der Waals surface area contributed by atoms with Gasteiger partial charge in [0.1, 0.15) is 0 Å². The van der Waals surface area contributed by atoms with Crippen LogP contribution < -0.4 is 5.48 Å². The first-order valence-electron chi connectivity index (χ1n) is 4.26. The Balaban J connectivity index is 2.23. The third-order valence-corrected chi connectivity index (χ3v) is 2.23. The van der Waals surface area contributed by atoms with Crippen LogP contribution in [0.4, 0.5) is 0 Å². The Morgan fingerprint density at radius 3 is 2.73 bits per heavy atom. The molecule has 66 valence electrons. The van der Waals surface area contributed by atoms with E-state index < -0.39 is 0 Å². The van der Waals surface area contributed by atoms with E-state index in [4.69, 9.17) is 4.84 Å². The SMILES string of the molecule is CONC1CCN(C(C)C)C1. The summed E-state index contributed by atoms with van der Waals surface area (Å²) in [5, 5.41) is 0. The fourth-order valence-electron chi connectivity index (χ4n) is 1.52. The van der Waals surface area contributed by atoms with Crippen LogP contribution in [0.1, 0.15) is 20.3 Å². The Morgan fingerprint density at radius 1 is 1.55 bits per heavy atom. The summed E-state index contributed by atoms with van der Waals surface area (Å²) in [6.07, 6.45) is 1.20. The molecule has 3 heteroatoms. The monoisotopic (exact) mass is 158 g/mol. The first-order valence-corrected chi connectivity index (χ1v) is 4.26. The molecule has 0 spiro atoms. The van der Waals surface area contributed by atoms with Crippen LogP contribution >= 0.6 is 0 Å². The zero-order valence-corrected chi connectivity index (χ0v) is 7.63. The summed E-state index contributed by atoms with van der Waals surface area (Å²) >= 11 is 0. The lowest BCUT2D eigenvalue weighted by molar-refractivity contribution is 0.0619. The van der Waals surface area contributed by atoms with Gasteiger partial charge in [-0.05, 0) is 20.3 Å². The van der Waals surface area contributed by atoms with E-state index in [-0.39, 0.29) is 0 Å². The largest absolute Gasteiger partial charge is 0.305 e. The summed E-state index contributed by atoms with van der Waals surface area (Å²) in [7, 11) is 1.68. The summed E-state index contributed by atoms with van der Waals surface area (Å²) < 4.78 is 0. The molecular weight excluding hydrogens is 140 g/mol. The van der Waals surface area contributed by atoms with Crippen LogP contribution in [0, 0.1) is 0 Å². The topological polar surface area (TPSA) is 24.5 Å². The molecule has 1 saturated heterocycles. The van der Waals surface area contributed by atoms with Gasteiger partial charge >= 0.3 is 0 Å². The van der Waals surface area contributed by atoms with E-state index in [1.165, 1.54) is 13.0 Å². The van der Waals surface area contributed by atoms with Crippen molar-refractivity contribution in [3.63, 3.8) is 0 Å². The quantitative estimate of drug-likeness (QED) is 0.609. The van der Waals surface area contributed by atoms with Gasteiger partial charge in [-0.1, -0.05) is 0 Å². The van der Waals surface area contributed by atoms with Crippen LogP contribution in [-0.4, -0.2) is 37.2 Å². The molecule has 3 nitrogen and oxygen atoms in total. The molecule has 1 aliphatic rings. The van der Waals surface area contributed by atoms with Crippen LogP contribution in [-0.2, 0) is 4.84 Å². The van der Waals surface area contributed by atoms with Crippen LogP contribution in [0.2, 0.25) is 0 Å². The number of hydrogen-bond donors (Lipinski definition) is 1. The predicted octanol–water partition coefficient (Wildman–Crippen LogP) is 0.620. The third kappa shape index (κ3) is 2.43. The average molecular weight is 158 g/mol. The van der Waals surface area contributed by atoms with Gasteiger partial charge in [0, 0.05) is 25.2 Å². The summed E-state index contributed by atoms with van der Waals surface area (Å²) in [5.41, 5.74) is 2.99. The summed E-state index contributed by atoms with van der Waals surface area (Å²) in [5.74, 6) is 0. The normalized spacial score (nSPS) is 26.7. The van der Waals surface area contributed by atoms with Crippen molar-refractivity contribution < 1.29 is 4.84 Å². The molecule has 1 N–H and O–H groups in total. The van der Waals surface area contributed by atoms with E-state index in [0.29, 0.717) is 12.1 Å². The van der Waals surface area contributed by atoms with Crippen molar-refractivity contribution in [3.8, 4) is 0 Å². The maximum atomic E-state index is 4.88. The average Bonchev–Trinajstić information content (AvgIpc) is 2.37. The molecule has 1 fully saturated rings. The third-order valence-electron chi connectivity index (χ3n) is 2.23. The Labute approximate surface area is 68.7 Å². The number of rotatable bonds is 3. The lowest BCUT2D eigenvalue weighted by Crippen LogP contribution is -2.34. The van der Waals surface area contributed by atoms with Crippen molar-refractivity contribution in [2.45, 2.75) is 32.4 Å². The molecule has 0 bridgehead atoms. The molecule has 0 aromatic heterocycles. The highest BCUT2D eigenvalue weighted by Crippen LogP contribution is 2.11. The molecule has 0 aliphatic carbocycles. The van der Waals surface area contributed by atoms with Crippen LogP contribution in [0.15, 0.2) is 0 Å². The van der Waals surface area contributed by atoms with Crippen LogP contribution in [0.5, 0.6) is 0 Å². The van der Waals surface area contributed by atoms with Crippen molar-refractivity contribution in [1.82, 2.24) is 10.4 Å². The molecule has 0 aromatic rings. The van der Waals surface area contributed by atoms with Crippen molar-refractivity contribution in [2.24, 2.45) is 0 Å². The van der Waals surface area contributed by atoms with Crippen molar-refractivity contribution >= 4 is 0 Å². The van der Waals surface area contributed by atoms with Gasteiger partial charge in [0.25, 0.3) is 0 Å². The van der Waals surface area contributed by atoms with Gasteiger partial charge < -0.3 is 4.84 Å². The summed E-state index contributed by atoms with van der Waals surface area (Å²) in [4.78, 5) is 7.33. The van der Waals surface area contributed by atoms with Crippen molar-refractivity contribution in [2.75, 3.05) is 20.2 Å². The predicted molar refractivity (Wildman–Crippen MR) is 45.3 cm³/mol. The van der Waals surface area contributed by atoms with E-state index in [1.807, 2.05) is 0 Å². The standard InChI is InChI=1S/C8H18N2O/c1-7(2)10-5-4-8(6-10)9-11-3/h7-9H,4-6H2,1-3H3. The van der Waals surface area contributed by atoms with Crippen molar-refractivity contribution in [3.05, 3.63) is 0 Å². The molecule has 1 heterocycles. The molecule has 0 aromatic carbocycles. The zero-order chi connectivity index (χ0) is 8.27. The zero-order valence-electron chi connectivity index (χ0n) is 7.63. The van der Waals surface area contributed by atoms with Gasteiger partial charge in [0.2, 0.25) is 0 Å². The highest BCUT2D eigenvalue weighted by Gasteiger charge is 2.23. The first-order chi connectivity index (χ1) is 5.24. The lowest BCUT2D eigenvalue weighted by Gasteiger charge is -2.19. The van der Waals surface area contributed by atoms with Crippen molar-refractivity contribution in [1.29, 1.82) is 0 Å². The minimum atomic E-state index is 0.530. The Morgan fingerprint density at radius 2 is 2.27 bits per heavy atom. The minimum absolute atomic E-state index is 0.530. The molecule has 11 heavy (non-hydrogen) atoms. The Hall–Kier alpha value is -0.120. The Bertz CT molecular complexity index is 117. The van der Waals surface area contributed by atoms with Gasteiger partial charge in [0.15, 0.2) is 0 Å². The number of likely N-dealkylation sites (tertiary alicyclic amines) is 1. The fraction of sp³-hybridized carbons (Fsp3) is 1.00. The molecule has 0 amide bonds. The molecule has 1 unspecified atom stereocenters. The minimum Gasteiger partial charge on any atom is -0.305 e. The van der Waals surface area contributed by atoms with E-state index in [9.17, 15) is 0 Å². The molecule has 1 atom stereocenters. The second kappa shape index (κ2) is 4.04. The van der Waals surface area contributed by atoms with Gasteiger partial charge in [-0.25, -0.2) is 0 Å². The summed E-state index contributed by atoms with van der Waals surface area (Å²) in [6, 6.07) is 1.20. The van der Waals surface area contributed by atoms with Crippen LogP contribution in [0.25, 0.3) is 0 Å². The van der Waals surface area contributed by atoms with E-state index >= 15 is 0 Å². The van der Waals surface area contributed by atoms with Gasteiger partial charge in [-0.15, -0.1) is 0 Å². The first kappa shape index (κ1) is 8.97. The number of hydroxylamine groups is 1. The van der Waals surface area contributed by atoms with Gasteiger partial charge in [-0.3, -0.25) is 4.90 Å². The highest BCUT2D eigenvalue weighted by atomic mass is 16.6. The molecule has 0 saturated carbocycles.